The van der Waals surface area contributed by atoms with Crippen molar-refractivity contribution < 1.29 is 0 Å². The Morgan fingerprint density at radius 3 is 2.69 bits per heavy atom. The molecule has 0 saturated heterocycles. The third-order valence-corrected chi connectivity index (χ3v) is 4.57. The van der Waals surface area contributed by atoms with E-state index in [1.54, 1.807) is 0 Å². The zero-order chi connectivity index (χ0) is 8.89. The van der Waals surface area contributed by atoms with E-state index in [9.17, 15) is 0 Å². The lowest BCUT2D eigenvalue weighted by atomic mass is 9.40. The zero-order valence-electron chi connectivity index (χ0n) is 8.42. The zero-order valence-corrected chi connectivity index (χ0v) is 8.42. The maximum atomic E-state index is 3.62. The average molecular weight is 177 g/mol. The monoisotopic (exact) mass is 177 g/mol. The Hall–Kier alpha value is -0.460. The molecule has 1 nitrogen and oxygen atoms in total. The van der Waals surface area contributed by atoms with Gasteiger partial charge in [0.15, 0.2) is 0 Å². The van der Waals surface area contributed by atoms with Gasteiger partial charge in [-0.3, -0.25) is 0 Å². The Morgan fingerprint density at radius 2 is 2.15 bits per heavy atom. The molecule has 0 aromatic rings. The van der Waals surface area contributed by atoms with E-state index in [0.717, 1.165) is 23.3 Å². The molecular weight excluding hydrogens is 158 g/mol. The lowest BCUT2D eigenvalue weighted by Gasteiger charge is -2.67. The van der Waals surface area contributed by atoms with Crippen LogP contribution in [-0.2, 0) is 0 Å². The molecule has 0 amide bonds. The van der Waals surface area contributed by atoms with E-state index < -0.39 is 0 Å². The van der Waals surface area contributed by atoms with Crippen molar-refractivity contribution in [2.24, 2.45) is 17.3 Å². The van der Waals surface area contributed by atoms with Crippen LogP contribution in [0.15, 0.2) is 12.3 Å². The van der Waals surface area contributed by atoms with Gasteiger partial charge in [-0.15, -0.1) is 0 Å². The first kappa shape index (κ1) is 7.90. The minimum atomic E-state index is 0.746. The van der Waals surface area contributed by atoms with Crippen LogP contribution < -0.4 is 5.32 Å². The molecule has 3 aliphatic carbocycles. The largest absolute Gasteiger partial charge is 0.388 e. The Bertz CT molecular complexity index is 226. The van der Waals surface area contributed by atoms with Crippen molar-refractivity contribution in [2.45, 2.75) is 45.1 Å². The second-order valence-corrected chi connectivity index (χ2v) is 5.29. The van der Waals surface area contributed by atoms with Crippen LogP contribution in [0.1, 0.15) is 39.0 Å². The first-order chi connectivity index (χ1) is 6.34. The van der Waals surface area contributed by atoms with E-state index in [2.05, 4.69) is 24.5 Å². The average Bonchev–Trinajstić information content (AvgIpc) is 2.00. The van der Waals surface area contributed by atoms with Crippen molar-refractivity contribution in [1.29, 1.82) is 0 Å². The molecule has 1 aliphatic heterocycles. The van der Waals surface area contributed by atoms with Gasteiger partial charge in [-0.1, -0.05) is 19.4 Å². The lowest BCUT2D eigenvalue weighted by molar-refractivity contribution is -0.144. The summed E-state index contributed by atoms with van der Waals surface area (Å²) in [5.41, 5.74) is 0.746. The molecule has 0 aromatic carbocycles. The van der Waals surface area contributed by atoms with Gasteiger partial charge in [-0.2, -0.15) is 0 Å². The molecule has 1 heteroatoms. The smallest absolute Gasteiger partial charge is 0.0343 e. The summed E-state index contributed by atoms with van der Waals surface area (Å²) in [6.45, 7) is 2.34. The SMILES string of the molecule is CC[C@H]1CC=CN[C@@H]1C12CC(C1)C2. The van der Waals surface area contributed by atoms with Crippen LogP contribution in [0.5, 0.6) is 0 Å². The molecule has 0 spiro atoms. The number of allylic oxidation sites excluding steroid dienone is 1. The molecule has 4 rings (SSSR count). The van der Waals surface area contributed by atoms with Gasteiger partial charge in [0.25, 0.3) is 0 Å². The normalized spacial score (nSPS) is 51.9. The van der Waals surface area contributed by atoms with Crippen molar-refractivity contribution in [3.8, 4) is 0 Å². The minimum absolute atomic E-state index is 0.746. The van der Waals surface area contributed by atoms with E-state index in [1.807, 2.05) is 0 Å². The van der Waals surface area contributed by atoms with Crippen LogP contribution in [0.3, 0.4) is 0 Å². The van der Waals surface area contributed by atoms with E-state index in [1.165, 1.54) is 32.1 Å². The Kier molecular flexibility index (Phi) is 1.53. The quantitative estimate of drug-likeness (QED) is 0.684. The highest BCUT2D eigenvalue weighted by atomic mass is 15.0. The summed E-state index contributed by atoms with van der Waals surface area (Å²) < 4.78 is 0. The Labute approximate surface area is 80.6 Å². The third kappa shape index (κ3) is 0.934. The van der Waals surface area contributed by atoms with E-state index in [0.29, 0.717) is 0 Å². The highest BCUT2D eigenvalue weighted by Gasteiger charge is 2.61. The maximum absolute atomic E-state index is 3.62. The topological polar surface area (TPSA) is 12.0 Å². The predicted molar refractivity (Wildman–Crippen MR) is 54.2 cm³/mol. The highest BCUT2D eigenvalue weighted by Crippen LogP contribution is 2.67. The van der Waals surface area contributed by atoms with Crippen LogP contribution in [0.2, 0.25) is 0 Å². The van der Waals surface area contributed by atoms with Gasteiger partial charge in [0.05, 0.1) is 0 Å². The summed E-state index contributed by atoms with van der Waals surface area (Å²) >= 11 is 0. The molecule has 4 aliphatic rings. The molecule has 0 unspecified atom stereocenters. The summed E-state index contributed by atoms with van der Waals surface area (Å²) in [5, 5.41) is 3.62. The summed E-state index contributed by atoms with van der Waals surface area (Å²) in [6.07, 6.45) is 11.7. The van der Waals surface area contributed by atoms with Gasteiger partial charge in [0.2, 0.25) is 0 Å². The van der Waals surface area contributed by atoms with Crippen LogP contribution in [-0.4, -0.2) is 6.04 Å². The fraction of sp³-hybridized carbons (Fsp3) is 0.833. The number of hydrogen-bond acceptors (Lipinski definition) is 1. The summed E-state index contributed by atoms with van der Waals surface area (Å²) in [6, 6.07) is 0.812. The van der Waals surface area contributed by atoms with Gasteiger partial charge in [0.1, 0.15) is 0 Å². The number of rotatable bonds is 2. The molecule has 72 valence electrons. The fourth-order valence-corrected chi connectivity index (χ4v) is 3.69. The Balaban J connectivity index is 1.77. The molecule has 3 saturated carbocycles. The second kappa shape index (κ2) is 2.52. The van der Waals surface area contributed by atoms with Crippen LogP contribution in [0.4, 0.5) is 0 Å². The van der Waals surface area contributed by atoms with Gasteiger partial charge < -0.3 is 5.32 Å². The van der Waals surface area contributed by atoms with Gasteiger partial charge in [-0.25, -0.2) is 0 Å². The third-order valence-electron chi connectivity index (χ3n) is 4.57. The van der Waals surface area contributed by atoms with E-state index in [4.69, 9.17) is 0 Å². The van der Waals surface area contributed by atoms with E-state index in [-0.39, 0.29) is 0 Å². The van der Waals surface area contributed by atoms with Crippen molar-refractivity contribution >= 4 is 0 Å². The molecule has 2 atom stereocenters. The molecule has 0 aromatic heterocycles. The van der Waals surface area contributed by atoms with Crippen LogP contribution in [0.25, 0.3) is 0 Å². The minimum Gasteiger partial charge on any atom is -0.388 e. The maximum Gasteiger partial charge on any atom is 0.0343 e. The van der Waals surface area contributed by atoms with Gasteiger partial charge in [-0.05, 0) is 49.1 Å². The van der Waals surface area contributed by atoms with Crippen molar-refractivity contribution in [3.05, 3.63) is 12.3 Å². The lowest BCUT2D eigenvalue weighted by Crippen LogP contribution is -2.64. The first-order valence-corrected chi connectivity index (χ1v) is 5.75. The van der Waals surface area contributed by atoms with Crippen LogP contribution in [0, 0.1) is 17.3 Å². The molecule has 2 bridgehead atoms. The van der Waals surface area contributed by atoms with Gasteiger partial charge in [0, 0.05) is 6.04 Å². The van der Waals surface area contributed by atoms with Crippen molar-refractivity contribution in [2.75, 3.05) is 0 Å². The fourth-order valence-electron chi connectivity index (χ4n) is 3.69. The van der Waals surface area contributed by atoms with Crippen molar-refractivity contribution in [1.82, 2.24) is 5.32 Å². The summed E-state index contributed by atoms with van der Waals surface area (Å²) in [5.74, 6) is 2.02. The standard InChI is InChI=1S/C12H19N/c1-2-10-4-3-5-13-11(10)12-6-9(7-12)8-12/h3,5,9-11,13H,2,4,6-8H2,1H3/t9?,10-,11-,12?/m0/s1. The Morgan fingerprint density at radius 1 is 1.38 bits per heavy atom. The van der Waals surface area contributed by atoms with Crippen molar-refractivity contribution in [3.63, 3.8) is 0 Å². The number of nitrogens with one attached hydrogen (secondary N) is 1. The molecule has 3 fully saturated rings. The second-order valence-electron chi connectivity index (χ2n) is 5.29. The van der Waals surface area contributed by atoms with Gasteiger partial charge >= 0.3 is 0 Å². The molecule has 13 heavy (non-hydrogen) atoms. The molecule has 1 N–H and O–H groups in total. The predicted octanol–water partition coefficient (Wildman–Crippen LogP) is 2.69. The summed E-state index contributed by atoms with van der Waals surface area (Å²) in [7, 11) is 0. The summed E-state index contributed by atoms with van der Waals surface area (Å²) in [4.78, 5) is 0. The van der Waals surface area contributed by atoms with Crippen LogP contribution >= 0.6 is 0 Å². The number of hydrogen-bond donors (Lipinski definition) is 1. The highest BCUT2D eigenvalue weighted by molar-refractivity contribution is 5.16. The molecule has 1 heterocycles. The molecule has 0 radical (unpaired) electrons. The molecular formula is C12H19N. The van der Waals surface area contributed by atoms with E-state index >= 15 is 0 Å². The first-order valence-electron chi connectivity index (χ1n) is 5.75.